The lowest BCUT2D eigenvalue weighted by molar-refractivity contribution is -0.127. The molecule has 1 aromatic carbocycles. The number of carbonyl (C=O) groups is 1. The zero-order valence-corrected chi connectivity index (χ0v) is 19.4. The predicted molar refractivity (Wildman–Crippen MR) is 118 cm³/mol. The Bertz CT molecular complexity index is 815. The van der Waals surface area contributed by atoms with E-state index in [9.17, 15) is 13.2 Å². The maximum Gasteiger partial charge on any atom is 0.263 e. The number of hydrogen-bond acceptors (Lipinski definition) is 4. The van der Waals surface area contributed by atoms with Gasteiger partial charge in [0.05, 0.1) is 18.5 Å². The Morgan fingerprint density at radius 1 is 1.31 bits per heavy atom. The zero-order valence-electron chi connectivity index (χ0n) is 18.6. The third-order valence-corrected chi connectivity index (χ3v) is 6.64. The maximum absolute atomic E-state index is 12.7. The second-order valence-electron chi connectivity index (χ2n) is 8.99. The molecule has 0 radical (unpaired) electrons. The smallest absolute Gasteiger partial charge is 0.263 e. The van der Waals surface area contributed by atoms with Crippen LogP contribution in [0.5, 0.6) is 5.75 Å². The molecular weight excluding hydrogens is 388 g/mol. The Labute approximate surface area is 176 Å². The number of ether oxygens (including phenoxy) is 1. The first-order valence-electron chi connectivity index (χ1n) is 10.5. The van der Waals surface area contributed by atoms with Crippen LogP contribution >= 0.6 is 0 Å². The highest BCUT2D eigenvalue weighted by molar-refractivity contribution is 7.92. The van der Waals surface area contributed by atoms with Crippen molar-refractivity contribution in [1.29, 1.82) is 0 Å². The molecule has 1 aliphatic heterocycles. The van der Waals surface area contributed by atoms with Crippen LogP contribution in [-0.2, 0) is 20.2 Å². The van der Waals surface area contributed by atoms with Gasteiger partial charge >= 0.3 is 0 Å². The van der Waals surface area contributed by atoms with E-state index < -0.39 is 16.1 Å². The van der Waals surface area contributed by atoms with Crippen molar-refractivity contribution in [3.63, 3.8) is 0 Å². The third kappa shape index (κ3) is 6.11. The monoisotopic (exact) mass is 424 g/mol. The van der Waals surface area contributed by atoms with Crippen molar-refractivity contribution in [2.24, 2.45) is 5.92 Å². The van der Waals surface area contributed by atoms with Gasteiger partial charge in [0.15, 0.2) is 6.10 Å². The molecule has 0 unspecified atom stereocenters. The highest BCUT2D eigenvalue weighted by Crippen LogP contribution is 2.38. The van der Waals surface area contributed by atoms with Gasteiger partial charge in [0, 0.05) is 6.54 Å². The van der Waals surface area contributed by atoms with Crippen LogP contribution in [0.2, 0.25) is 0 Å². The summed E-state index contributed by atoms with van der Waals surface area (Å²) >= 11 is 0. The minimum absolute atomic E-state index is 0.0169. The molecule has 2 atom stereocenters. The van der Waals surface area contributed by atoms with Crippen LogP contribution in [0.15, 0.2) is 18.2 Å². The Kier molecular flexibility index (Phi) is 7.60. The summed E-state index contributed by atoms with van der Waals surface area (Å²) in [5.74, 6) is 0.585. The fourth-order valence-corrected chi connectivity index (χ4v) is 4.38. The number of anilines is 1. The number of unbranched alkanes of at least 4 members (excludes halogenated alkanes) is 1. The van der Waals surface area contributed by atoms with Gasteiger partial charge in [-0.1, -0.05) is 59.9 Å². The summed E-state index contributed by atoms with van der Waals surface area (Å²) in [5.41, 5.74) is 1.39. The number of hydrogen-bond donors (Lipinski definition) is 1. The minimum atomic E-state index is -3.54. The number of carbonyl (C=O) groups excluding carboxylic acids is 1. The average molecular weight is 425 g/mol. The number of benzene rings is 1. The van der Waals surface area contributed by atoms with E-state index in [0.717, 1.165) is 31.2 Å². The standard InChI is InChI=1S/C22H36N2O4S/c1-7-9-10-16(8-2)14-23-21(25)20-15-24(29(6,26)27)18-13-17(22(3,4)5)11-12-19(18)28-20/h11-13,16,20H,7-10,14-15H2,1-6H3,(H,23,25)/t16-,20+/m0/s1. The Balaban J connectivity index is 2.21. The first-order valence-corrected chi connectivity index (χ1v) is 12.4. The van der Waals surface area contributed by atoms with Crippen LogP contribution in [0.3, 0.4) is 0 Å². The highest BCUT2D eigenvalue weighted by atomic mass is 32.2. The molecule has 1 heterocycles. The van der Waals surface area contributed by atoms with Gasteiger partial charge in [-0.25, -0.2) is 8.42 Å². The molecular formula is C22H36N2O4S. The van der Waals surface area contributed by atoms with E-state index in [1.165, 1.54) is 10.6 Å². The normalized spacial score (nSPS) is 18.0. The highest BCUT2D eigenvalue weighted by Gasteiger charge is 2.35. The third-order valence-electron chi connectivity index (χ3n) is 5.50. The fraction of sp³-hybridized carbons (Fsp3) is 0.682. The van der Waals surface area contributed by atoms with Crippen LogP contribution in [0.1, 0.15) is 65.9 Å². The Morgan fingerprint density at radius 2 is 2.00 bits per heavy atom. The minimum Gasteiger partial charge on any atom is -0.476 e. The van der Waals surface area contributed by atoms with Crippen molar-refractivity contribution in [1.82, 2.24) is 5.32 Å². The molecule has 1 aliphatic rings. The van der Waals surface area contributed by atoms with E-state index in [1.54, 1.807) is 6.07 Å². The van der Waals surface area contributed by atoms with Crippen LogP contribution in [0.25, 0.3) is 0 Å². The van der Waals surface area contributed by atoms with Crippen LogP contribution in [-0.4, -0.2) is 39.8 Å². The molecule has 0 spiro atoms. The fourth-order valence-electron chi connectivity index (χ4n) is 3.47. The first-order chi connectivity index (χ1) is 13.5. The number of nitrogens with zero attached hydrogens (tertiary/aromatic N) is 1. The van der Waals surface area contributed by atoms with Crippen LogP contribution in [0, 0.1) is 5.92 Å². The number of fused-ring (bicyclic) bond motifs is 1. The molecule has 0 bridgehead atoms. The summed E-state index contributed by atoms with van der Waals surface area (Å²) in [5, 5.41) is 2.97. The number of nitrogens with one attached hydrogen (secondary N) is 1. The largest absolute Gasteiger partial charge is 0.476 e. The van der Waals surface area contributed by atoms with Crippen molar-refractivity contribution in [2.75, 3.05) is 23.7 Å². The summed E-state index contributed by atoms with van der Waals surface area (Å²) in [7, 11) is -3.54. The van der Waals surface area contributed by atoms with Gasteiger partial charge in [-0.3, -0.25) is 9.10 Å². The number of rotatable bonds is 8. The van der Waals surface area contributed by atoms with Crippen molar-refractivity contribution in [2.45, 2.75) is 71.8 Å². The van der Waals surface area contributed by atoms with E-state index in [0.29, 0.717) is 23.9 Å². The lowest BCUT2D eigenvalue weighted by Crippen LogP contribution is -2.51. The lowest BCUT2D eigenvalue weighted by Gasteiger charge is -2.35. The quantitative estimate of drug-likeness (QED) is 0.688. The lowest BCUT2D eigenvalue weighted by atomic mass is 9.86. The van der Waals surface area contributed by atoms with Gasteiger partial charge in [0.25, 0.3) is 5.91 Å². The second kappa shape index (κ2) is 9.37. The second-order valence-corrected chi connectivity index (χ2v) is 10.9. The van der Waals surface area contributed by atoms with E-state index in [1.807, 2.05) is 12.1 Å². The molecule has 1 N–H and O–H groups in total. The topological polar surface area (TPSA) is 75.7 Å². The summed E-state index contributed by atoms with van der Waals surface area (Å²) in [4.78, 5) is 12.7. The SMILES string of the molecule is CCCC[C@H](CC)CNC(=O)[C@H]1CN(S(C)(=O)=O)c2cc(C(C)(C)C)ccc2O1. The summed E-state index contributed by atoms with van der Waals surface area (Å²) in [6.45, 7) is 11.1. The molecule has 2 rings (SSSR count). The van der Waals surface area contributed by atoms with Gasteiger partial charge in [-0.2, -0.15) is 0 Å². The molecule has 0 aromatic heterocycles. The molecule has 1 aromatic rings. The van der Waals surface area contributed by atoms with Crippen molar-refractivity contribution in [3.05, 3.63) is 23.8 Å². The first kappa shape index (κ1) is 23.5. The van der Waals surface area contributed by atoms with E-state index in [4.69, 9.17) is 4.74 Å². The van der Waals surface area contributed by atoms with E-state index >= 15 is 0 Å². The molecule has 164 valence electrons. The Morgan fingerprint density at radius 3 is 2.55 bits per heavy atom. The summed E-state index contributed by atoms with van der Waals surface area (Å²) in [6, 6.07) is 5.55. The predicted octanol–water partition coefficient (Wildman–Crippen LogP) is 3.84. The summed E-state index contributed by atoms with van der Waals surface area (Å²) in [6.07, 6.45) is 4.65. The molecule has 29 heavy (non-hydrogen) atoms. The molecule has 0 fully saturated rings. The van der Waals surface area contributed by atoms with E-state index in [-0.39, 0.29) is 17.9 Å². The zero-order chi connectivity index (χ0) is 21.8. The van der Waals surface area contributed by atoms with Gasteiger partial charge in [-0.15, -0.1) is 0 Å². The maximum atomic E-state index is 12.7. The van der Waals surface area contributed by atoms with Crippen LogP contribution in [0.4, 0.5) is 5.69 Å². The van der Waals surface area contributed by atoms with Crippen LogP contribution < -0.4 is 14.4 Å². The summed E-state index contributed by atoms with van der Waals surface area (Å²) < 4.78 is 32.1. The van der Waals surface area contributed by atoms with Crippen molar-refractivity contribution in [3.8, 4) is 5.75 Å². The average Bonchev–Trinajstić information content (AvgIpc) is 2.65. The van der Waals surface area contributed by atoms with Crippen molar-refractivity contribution >= 4 is 21.6 Å². The van der Waals surface area contributed by atoms with E-state index in [2.05, 4.69) is 39.9 Å². The van der Waals surface area contributed by atoms with Gasteiger partial charge in [0.1, 0.15) is 5.75 Å². The molecule has 6 nitrogen and oxygen atoms in total. The molecule has 0 saturated heterocycles. The van der Waals surface area contributed by atoms with Gasteiger partial charge < -0.3 is 10.1 Å². The van der Waals surface area contributed by atoms with Crippen molar-refractivity contribution < 1.29 is 17.9 Å². The molecule has 7 heteroatoms. The molecule has 0 aliphatic carbocycles. The number of sulfonamides is 1. The molecule has 1 amide bonds. The Hall–Kier alpha value is -1.76. The number of amides is 1. The van der Waals surface area contributed by atoms with Gasteiger partial charge in [-0.05, 0) is 35.4 Å². The van der Waals surface area contributed by atoms with Gasteiger partial charge in [0.2, 0.25) is 10.0 Å². The molecule has 0 saturated carbocycles.